The van der Waals surface area contributed by atoms with E-state index in [1.807, 2.05) is 24.3 Å². The van der Waals surface area contributed by atoms with Crippen LogP contribution in [0.3, 0.4) is 0 Å². The number of hydrogen-bond donors (Lipinski definition) is 2. The number of benzene rings is 2. The van der Waals surface area contributed by atoms with Crippen molar-refractivity contribution in [3.05, 3.63) is 70.9 Å². The summed E-state index contributed by atoms with van der Waals surface area (Å²) in [7, 11) is 0. The number of tetrazole rings is 1. The minimum atomic E-state index is -4.95. The molecule has 2 aromatic heterocycles. The van der Waals surface area contributed by atoms with Crippen LogP contribution in [0.2, 0.25) is 0 Å². The fourth-order valence-electron chi connectivity index (χ4n) is 5.20. The molecule has 6 rings (SSSR count). The molecule has 40 heavy (non-hydrogen) atoms. The number of nitrogens with one attached hydrogen (secondary N) is 2. The Morgan fingerprint density at radius 3 is 2.12 bits per heavy atom. The van der Waals surface area contributed by atoms with E-state index < -0.39 is 23.5 Å². The van der Waals surface area contributed by atoms with Gasteiger partial charge in [-0.05, 0) is 72.6 Å². The highest BCUT2D eigenvalue weighted by Crippen LogP contribution is 2.47. The Morgan fingerprint density at radius 2 is 1.55 bits per heavy atom. The van der Waals surface area contributed by atoms with Gasteiger partial charge >= 0.3 is 12.4 Å². The predicted octanol–water partition coefficient (Wildman–Crippen LogP) is 6.59. The van der Waals surface area contributed by atoms with Crippen LogP contribution in [0.25, 0.3) is 10.9 Å². The SMILES string of the molecule is FC(F)(F)c1cc(CN(Cc2cnc3ccccc3c2NC(C2CC2)C2CC2)c2nn[nH]n2)cc(C(F)(F)F)c1. The fourth-order valence-corrected chi connectivity index (χ4v) is 5.20. The number of para-hydroxylation sites is 1. The predicted molar refractivity (Wildman–Crippen MR) is 135 cm³/mol. The standard InChI is InChI=1S/C27H25F6N7/c28-26(29,30)19-9-15(10-20(11-19)27(31,32)33)13-40(25-36-38-39-37-25)14-18-12-34-22-4-2-1-3-21(22)24(18)35-23(16-5-6-16)17-7-8-17/h1-4,9-12,16-17,23H,5-8,13-14H2,(H,34,35)(H,36,37,38,39). The zero-order valence-corrected chi connectivity index (χ0v) is 21.1. The average molecular weight is 562 g/mol. The molecule has 7 nitrogen and oxygen atoms in total. The third kappa shape index (κ3) is 5.68. The van der Waals surface area contributed by atoms with E-state index in [1.165, 1.54) is 4.90 Å². The van der Waals surface area contributed by atoms with Crippen LogP contribution in [0, 0.1) is 11.8 Å². The molecule has 2 aliphatic carbocycles. The zero-order valence-electron chi connectivity index (χ0n) is 21.1. The van der Waals surface area contributed by atoms with Crippen LogP contribution in [0.15, 0.2) is 48.7 Å². The van der Waals surface area contributed by atoms with E-state index in [-0.39, 0.29) is 30.7 Å². The number of H-pyrrole nitrogens is 1. The van der Waals surface area contributed by atoms with Crippen molar-refractivity contribution in [2.45, 2.75) is 57.2 Å². The molecule has 2 saturated carbocycles. The van der Waals surface area contributed by atoms with Crippen LogP contribution in [-0.2, 0) is 25.4 Å². The second kappa shape index (κ2) is 9.93. The molecule has 2 fully saturated rings. The molecule has 2 heterocycles. The van der Waals surface area contributed by atoms with Gasteiger partial charge in [-0.2, -0.15) is 31.6 Å². The molecule has 2 aliphatic rings. The average Bonchev–Trinajstić information content (AvgIpc) is 3.85. The molecule has 4 aromatic rings. The summed E-state index contributed by atoms with van der Waals surface area (Å²) < 4.78 is 81.1. The number of fused-ring (bicyclic) bond motifs is 1. The van der Waals surface area contributed by atoms with Crippen LogP contribution >= 0.6 is 0 Å². The summed E-state index contributed by atoms with van der Waals surface area (Å²) in [6, 6.07) is 9.48. The van der Waals surface area contributed by atoms with E-state index in [0.717, 1.165) is 60.0 Å². The van der Waals surface area contributed by atoms with Crippen LogP contribution < -0.4 is 10.2 Å². The first-order chi connectivity index (χ1) is 19.1. The molecule has 0 spiro atoms. The summed E-state index contributed by atoms with van der Waals surface area (Å²) in [4.78, 5) is 6.06. The van der Waals surface area contributed by atoms with Crippen molar-refractivity contribution in [1.82, 2.24) is 25.6 Å². The topological polar surface area (TPSA) is 82.6 Å². The molecule has 0 saturated heterocycles. The lowest BCUT2D eigenvalue weighted by Gasteiger charge is -2.26. The first-order valence-electron chi connectivity index (χ1n) is 13.0. The van der Waals surface area contributed by atoms with Gasteiger partial charge in [0.2, 0.25) is 0 Å². The van der Waals surface area contributed by atoms with Crippen LogP contribution in [0.4, 0.5) is 38.0 Å². The summed E-state index contributed by atoms with van der Waals surface area (Å²) in [6.07, 6.45) is -3.61. The van der Waals surface area contributed by atoms with Gasteiger partial charge in [0.1, 0.15) is 0 Å². The number of pyridine rings is 1. The van der Waals surface area contributed by atoms with Gasteiger partial charge in [0.15, 0.2) is 0 Å². The summed E-state index contributed by atoms with van der Waals surface area (Å²) in [6.45, 7) is -0.257. The monoisotopic (exact) mass is 561 g/mol. The van der Waals surface area contributed by atoms with Gasteiger partial charge in [-0.1, -0.05) is 23.3 Å². The summed E-state index contributed by atoms with van der Waals surface area (Å²) in [5.74, 6) is 1.18. The van der Waals surface area contributed by atoms with Gasteiger partial charge in [-0.25, -0.2) is 0 Å². The number of aromatic nitrogens is 5. The van der Waals surface area contributed by atoms with Gasteiger partial charge in [-0.3, -0.25) is 4.98 Å². The Kier molecular flexibility index (Phi) is 6.54. The molecule has 2 aromatic carbocycles. The Labute approximate surface area is 225 Å². The van der Waals surface area contributed by atoms with Crippen molar-refractivity contribution in [1.29, 1.82) is 0 Å². The minimum Gasteiger partial charge on any atom is -0.381 e. The molecule has 0 radical (unpaired) electrons. The largest absolute Gasteiger partial charge is 0.416 e. The first-order valence-corrected chi connectivity index (χ1v) is 13.0. The van der Waals surface area contributed by atoms with Gasteiger partial charge in [0.05, 0.1) is 22.3 Å². The first kappa shape index (κ1) is 26.3. The van der Waals surface area contributed by atoms with E-state index in [0.29, 0.717) is 17.9 Å². The quantitative estimate of drug-likeness (QED) is 0.224. The normalized spacial score (nSPS) is 16.1. The molecule has 13 heteroatoms. The van der Waals surface area contributed by atoms with Gasteiger partial charge in [0.25, 0.3) is 5.95 Å². The number of alkyl halides is 6. The van der Waals surface area contributed by atoms with E-state index >= 15 is 0 Å². The molecular formula is C27H25F6N7. The maximum atomic E-state index is 13.5. The second-order valence-electron chi connectivity index (χ2n) is 10.5. The van der Waals surface area contributed by atoms with Gasteiger partial charge < -0.3 is 10.2 Å². The van der Waals surface area contributed by atoms with E-state index in [2.05, 4.69) is 30.9 Å². The van der Waals surface area contributed by atoms with E-state index in [4.69, 9.17) is 0 Å². The molecule has 210 valence electrons. The van der Waals surface area contributed by atoms with E-state index in [9.17, 15) is 26.3 Å². The van der Waals surface area contributed by atoms with Crippen molar-refractivity contribution >= 4 is 22.5 Å². The fraction of sp³-hybridized carbons (Fsp3) is 0.407. The second-order valence-corrected chi connectivity index (χ2v) is 10.5. The summed E-state index contributed by atoms with van der Waals surface area (Å²) in [5.41, 5.74) is -0.601. The van der Waals surface area contributed by atoms with Gasteiger partial charge in [-0.15, -0.1) is 5.10 Å². The Morgan fingerprint density at radius 1 is 0.900 bits per heavy atom. The van der Waals surface area contributed by atoms with Crippen molar-refractivity contribution in [3.8, 4) is 0 Å². The molecular weight excluding hydrogens is 536 g/mol. The van der Waals surface area contributed by atoms with Crippen molar-refractivity contribution in [3.63, 3.8) is 0 Å². The number of anilines is 2. The third-order valence-electron chi connectivity index (χ3n) is 7.42. The highest BCUT2D eigenvalue weighted by Gasteiger charge is 2.42. The summed E-state index contributed by atoms with van der Waals surface area (Å²) in [5, 5.41) is 18.5. The van der Waals surface area contributed by atoms with Crippen LogP contribution in [-0.4, -0.2) is 31.6 Å². The summed E-state index contributed by atoms with van der Waals surface area (Å²) >= 11 is 0. The molecule has 2 N–H and O–H groups in total. The van der Waals surface area contributed by atoms with Gasteiger partial charge in [0, 0.05) is 36.3 Å². The number of halogens is 6. The van der Waals surface area contributed by atoms with E-state index in [1.54, 1.807) is 6.20 Å². The smallest absolute Gasteiger partial charge is 0.381 e. The molecule has 0 bridgehead atoms. The Balaban J connectivity index is 1.39. The highest BCUT2D eigenvalue weighted by atomic mass is 19.4. The maximum Gasteiger partial charge on any atom is 0.416 e. The van der Waals surface area contributed by atoms with Crippen molar-refractivity contribution < 1.29 is 26.3 Å². The lowest BCUT2D eigenvalue weighted by Crippen LogP contribution is -2.28. The maximum absolute atomic E-state index is 13.5. The Bertz CT molecular complexity index is 1450. The number of hydrogen-bond acceptors (Lipinski definition) is 6. The number of rotatable bonds is 9. The molecule has 0 aliphatic heterocycles. The molecule has 0 amide bonds. The third-order valence-corrected chi connectivity index (χ3v) is 7.42. The molecule has 0 unspecified atom stereocenters. The van der Waals surface area contributed by atoms with Crippen molar-refractivity contribution in [2.75, 3.05) is 10.2 Å². The van der Waals surface area contributed by atoms with Crippen molar-refractivity contribution in [2.24, 2.45) is 11.8 Å². The number of nitrogens with zero attached hydrogens (tertiary/aromatic N) is 5. The van der Waals surface area contributed by atoms with Crippen LogP contribution in [0.5, 0.6) is 0 Å². The number of aromatic amines is 1. The lowest BCUT2D eigenvalue weighted by molar-refractivity contribution is -0.143. The molecule has 0 atom stereocenters. The Hall–Kier alpha value is -3.90. The minimum absolute atomic E-state index is 0.0333. The zero-order chi connectivity index (χ0) is 28.1. The highest BCUT2D eigenvalue weighted by molar-refractivity contribution is 5.93. The van der Waals surface area contributed by atoms with Crippen LogP contribution in [0.1, 0.15) is 47.9 Å². The lowest BCUT2D eigenvalue weighted by atomic mass is 10.0.